The lowest BCUT2D eigenvalue weighted by Crippen LogP contribution is -2.43. The van der Waals surface area contributed by atoms with Gasteiger partial charge in [0.2, 0.25) is 0 Å². The highest BCUT2D eigenvalue weighted by molar-refractivity contribution is 5.97. The van der Waals surface area contributed by atoms with E-state index in [1.807, 2.05) is 24.3 Å². The molecule has 0 atom stereocenters. The molecule has 0 saturated carbocycles. The van der Waals surface area contributed by atoms with Gasteiger partial charge in [-0.1, -0.05) is 0 Å². The highest BCUT2D eigenvalue weighted by Crippen LogP contribution is 2.37. The number of piperidine rings is 1. The largest absolute Gasteiger partial charge is 0.497 e. The number of aromatic carboxylic acids is 1. The van der Waals surface area contributed by atoms with Crippen LogP contribution in [0.1, 0.15) is 34.8 Å². The molecule has 0 aliphatic carbocycles. The van der Waals surface area contributed by atoms with Gasteiger partial charge >= 0.3 is 12.0 Å². The van der Waals surface area contributed by atoms with Crippen LogP contribution in [0.2, 0.25) is 0 Å². The van der Waals surface area contributed by atoms with Crippen LogP contribution >= 0.6 is 0 Å². The summed E-state index contributed by atoms with van der Waals surface area (Å²) in [6.07, 6.45) is 1.06. The zero-order valence-corrected chi connectivity index (χ0v) is 19.8. The number of carboxylic acid groups (broad SMARTS) is 1. The Hall–Kier alpha value is -4.05. The fourth-order valence-electron chi connectivity index (χ4n) is 4.41. The number of rotatable bonds is 6. The predicted molar refractivity (Wildman–Crippen MR) is 128 cm³/mol. The Morgan fingerprint density at radius 1 is 0.971 bits per heavy atom. The van der Waals surface area contributed by atoms with E-state index in [1.54, 1.807) is 48.1 Å². The molecule has 2 N–H and O–H groups in total. The quantitative estimate of drug-likeness (QED) is 0.406. The van der Waals surface area contributed by atoms with Crippen LogP contribution in [0.15, 0.2) is 48.5 Å². The van der Waals surface area contributed by atoms with Crippen molar-refractivity contribution in [2.75, 3.05) is 34.4 Å². The summed E-state index contributed by atoms with van der Waals surface area (Å²) in [5, 5.41) is 25.1. The van der Waals surface area contributed by atoms with Crippen molar-refractivity contribution >= 4 is 12.0 Å². The van der Waals surface area contributed by atoms with Crippen molar-refractivity contribution < 1.29 is 29.4 Å². The smallest absolute Gasteiger partial charge is 0.343 e. The monoisotopic (exact) mass is 480 g/mol. The lowest BCUT2D eigenvalue weighted by Gasteiger charge is -2.32. The van der Waals surface area contributed by atoms with E-state index < -0.39 is 12.0 Å². The molecule has 1 aliphatic rings. The number of hydroxylamine groups is 2. The third kappa shape index (κ3) is 4.78. The van der Waals surface area contributed by atoms with Crippen LogP contribution in [0.3, 0.4) is 0 Å². The average molecular weight is 481 g/mol. The summed E-state index contributed by atoms with van der Waals surface area (Å²) in [5.41, 5.74) is 2.46. The number of likely N-dealkylation sites (tertiary alicyclic amines) is 1. The summed E-state index contributed by atoms with van der Waals surface area (Å²) in [6, 6.07) is 13.9. The topological polar surface area (TPSA) is 117 Å². The first-order chi connectivity index (χ1) is 16.8. The first-order valence-electron chi connectivity index (χ1n) is 11.2. The minimum atomic E-state index is -1.07. The molecule has 0 unspecified atom stereocenters. The zero-order chi connectivity index (χ0) is 25.1. The first-order valence-corrected chi connectivity index (χ1v) is 11.2. The number of carbonyl (C=O) groups excluding carboxylic acids is 1. The third-order valence-electron chi connectivity index (χ3n) is 6.24. The minimum Gasteiger partial charge on any atom is -0.497 e. The van der Waals surface area contributed by atoms with Crippen molar-refractivity contribution in [3.63, 3.8) is 0 Å². The van der Waals surface area contributed by atoms with Gasteiger partial charge in [0.25, 0.3) is 0 Å². The molecular formula is C25H28N4O6. The molecule has 10 heteroatoms. The van der Waals surface area contributed by atoms with Crippen LogP contribution in [-0.4, -0.2) is 76.4 Å². The summed E-state index contributed by atoms with van der Waals surface area (Å²) < 4.78 is 12.2. The van der Waals surface area contributed by atoms with E-state index in [4.69, 9.17) is 14.6 Å². The molecule has 0 radical (unpaired) electrons. The van der Waals surface area contributed by atoms with Gasteiger partial charge in [0.05, 0.1) is 31.3 Å². The molecule has 1 aliphatic heterocycles. The SMILES string of the molecule is COc1ccc(-c2c(C(=O)O)c(C3CCN(C(=O)N(C)O)CC3)nn2-c2ccc(OC)cc2)cc1. The van der Waals surface area contributed by atoms with Crippen molar-refractivity contribution in [1.29, 1.82) is 0 Å². The molecule has 184 valence electrons. The lowest BCUT2D eigenvalue weighted by atomic mass is 9.90. The number of carboxylic acids is 1. The Bertz CT molecular complexity index is 1200. The maximum Gasteiger partial charge on any atom is 0.343 e. The molecular weight excluding hydrogens is 452 g/mol. The van der Waals surface area contributed by atoms with Crippen molar-refractivity contribution in [3.8, 4) is 28.4 Å². The Balaban J connectivity index is 1.80. The van der Waals surface area contributed by atoms with Gasteiger partial charge in [-0.3, -0.25) is 5.21 Å². The molecule has 0 bridgehead atoms. The van der Waals surface area contributed by atoms with E-state index >= 15 is 0 Å². The number of nitrogens with zero attached hydrogens (tertiary/aromatic N) is 4. The number of hydrogen-bond acceptors (Lipinski definition) is 6. The van der Waals surface area contributed by atoms with Gasteiger partial charge in [-0.15, -0.1) is 0 Å². The fourth-order valence-corrected chi connectivity index (χ4v) is 4.41. The van der Waals surface area contributed by atoms with Gasteiger partial charge in [-0.2, -0.15) is 5.10 Å². The van der Waals surface area contributed by atoms with E-state index in [0.717, 1.165) is 0 Å². The molecule has 2 heterocycles. The molecule has 1 saturated heterocycles. The number of methoxy groups -OCH3 is 2. The molecule has 3 aromatic rings. The number of amides is 2. The Morgan fingerprint density at radius 3 is 2.00 bits per heavy atom. The highest BCUT2D eigenvalue weighted by Gasteiger charge is 2.33. The van der Waals surface area contributed by atoms with Gasteiger partial charge in [-0.25, -0.2) is 19.3 Å². The summed E-state index contributed by atoms with van der Waals surface area (Å²) in [5.74, 6) is 0.105. The van der Waals surface area contributed by atoms with E-state index in [-0.39, 0.29) is 11.5 Å². The first kappa shape index (κ1) is 24.1. The Labute approximate surface area is 202 Å². The summed E-state index contributed by atoms with van der Waals surface area (Å²) >= 11 is 0. The molecule has 2 aromatic carbocycles. The summed E-state index contributed by atoms with van der Waals surface area (Å²) in [7, 11) is 4.44. The minimum absolute atomic E-state index is 0.134. The molecule has 1 fully saturated rings. The number of ether oxygens (including phenoxy) is 2. The number of benzene rings is 2. The second kappa shape index (κ2) is 10.1. The number of hydrogen-bond donors (Lipinski definition) is 2. The number of aromatic nitrogens is 2. The van der Waals surface area contributed by atoms with Crippen LogP contribution < -0.4 is 9.47 Å². The van der Waals surface area contributed by atoms with E-state index in [0.29, 0.717) is 65.1 Å². The van der Waals surface area contributed by atoms with Gasteiger partial charge in [0.1, 0.15) is 17.1 Å². The van der Waals surface area contributed by atoms with Crippen LogP contribution in [0.4, 0.5) is 4.79 Å². The van der Waals surface area contributed by atoms with Crippen molar-refractivity contribution in [1.82, 2.24) is 19.7 Å². The van der Waals surface area contributed by atoms with E-state index in [9.17, 15) is 19.9 Å². The second-order valence-corrected chi connectivity index (χ2v) is 8.32. The number of carbonyl (C=O) groups is 2. The van der Waals surface area contributed by atoms with Crippen LogP contribution in [-0.2, 0) is 0 Å². The van der Waals surface area contributed by atoms with Crippen LogP contribution in [0.5, 0.6) is 11.5 Å². The van der Waals surface area contributed by atoms with E-state index in [2.05, 4.69) is 0 Å². The third-order valence-corrected chi connectivity index (χ3v) is 6.24. The van der Waals surface area contributed by atoms with Crippen molar-refractivity contribution in [2.24, 2.45) is 0 Å². The van der Waals surface area contributed by atoms with E-state index in [1.165, 1.54) is 7.05 Å². The molecule has 35 heavy (non-hydrogen) atoms. The summed E-state index contributed by atoms with van der Waals surface area (Å²) in [6.45, 7) is 0.779. The maximum atomic E-state index is 12.6. The van der Waals surface area contributed by atoms with Crippen molar-refractivity contribution in [2.45, 2.75) is 18.8 Å². The van der Waals surface area contributed by atoms with Crippen LogP contribution in [0, 0.1) is 0 Å². The predicted octanol–water partition coefficient (Wildman–Crippen LogP) is 3.88. The molecule has 10 nitrogen and oxygen atoms in total. The lowest BCUT2D eigenvalue weighted by molar-refractivity contribution is -0.0356. The normalized spacial score (nSPS) is 14.0. The molecule has 0 spiro atoms. The highest BCUT2D eigenvalue weighted by atomic mass is 16.5. The molecule has 2 amide bonds. The van der Waals surface area contributed by atoms with Gasteiger partial charge in [0, 0.05) is 31.6 Å². The van der Waals surface area contributed by atoms with Crippen molar-refractivity contribution in [3.05, 3.63) is 59.8 Å². The molecule has 1 aromatic heterocycles. The standard InChI is InChI=1S/C25H28N4O6/c1-27(33)25(32)28-14-12-16(13-15-28)22-21(24(30)31)23(17-4-8-19(34-2)9-5-17)29(26-22)18-6-10-20(35-3)11-7-18/h4-11,16,33H,12-15H2,1-3H3,(H,30,31). The molecule has 4 rings (SSSR count). The van der Waals surface area contributed by atoms with Gasteiger partial charge in [0.15, 0.2) is 0 Å². The van der Waals surface area contributed by atoms with Gasteiger partial charge in [-0.05, 0) is 61.4 Å². The zero-order valence-electron chi connectivity index (χ0n) is 19.8. The second-order valence-electron chi connectivity index (χ2n) is 8.32. The summed E-state index contributed by atoms with van der Waals surface area (Å²) in [4.78, 5) is 26.2. The fraction of sp³-hybridized carbons (Fsp3) is 0.320. The van der Waals surface area contributed by atoms with Gasteiger partial charge < -0.3 is 19.5 Å². The number of urea groups is 1. The van der Waals surface area contributed by atoms with Crippen LogP contribution in [0.25, 0.3) is 16.9 Å². The average Bonchev–Trinajstić information content (AvgIpc) is 3.29. The Morgan fingerprint density at radius 2 is 1.51 bits per heavy atom. The maximum absolute atomic E-state index is 12.6. The Kier molecular flexibility index (Phi) is 6.92.